The Balaban J connectivity index is 1.41. The molecule has 0 unspecified atom stereocenters. The fourth-order valence-corrected chi connectivity index (χ4v) is 3.04. The van der Waals surface area contributed by atoms with E-state index in [4.69, 9.17) is 4.74 Å². The monoisotopic (exact) mass is 348 g/mol. The van der Waals surface area contributed by atoms with Gasteiger partial charge in [-0.05, 0) is 43.2 Å². The smallest absolute Gasteiger partial charge is 0.253 e. The summed E-state index contributed by atoms with van der Waals surface area (Å²) in [6, 6.07) is 17.1. The zero-order valence-corrected chi connectivity index (χ0v) is 14.4. The zero-order chi connectivity index (χ0) is 17.8. The molecule has 6 heteroatoms. The largest absolute Gasteiger partial charge is 0.486 e. The van der Waals surface area contributed by atoms with Crippen LogP contribution in [0.2, 0.25) is 0 Å². The Morgan fingerprint density at radius 3 is 2.65 bits per heavy atom. The minimum Gasteiger partial charge on any atom is -0.486 e. The van der Waals surface area contributed by atoms with Gasteiger partial charge < -0.3 is 9.64 Å². The molecule has 1 aromatic heterocycles. The summed E-state index contributed by atoms with van der Waals surface area (Å²) in [5.74, 6) is 1.30. The lowest BCUT2D eigenvalue weighted by Crippen LogP contribution is -2.27. The number of hydrogen-bond acceptors (Lipinski definition) is 4. The molecule has 6 nitrogen and oxygen atoms in total. The van der Waals surface area contributed by atoms with Gasteiger partial charge in [0.1, 0.15) is 18.7 Å². The standard InChI is InChI=1S/C20H20N4O2/c25-20(23-11-4-5-12-23)16-7-6-10-18(13-16)26-14-19-21-15-24(22-19)17-8-2-1-3-9-17/h1-3,6-10,13,15H,4-5,11-12,14H2. The maximum atomic E-state index is 12.5. The number of nitrogens with zero attached hydrogens (tertiary/aromatic N) is 4. The van der Waals surface area contributed by atoms with Crippen LogP contribution in [0.4, 0.5) is 0 Å². The van der Waals surface area contributed by atoms with Crippen molar-refractivity contribution in [3.63, 3.8) is 0 Å². The van der Waals surface area contributed by atoms with Crippen LogP contribution in [0, 0.1) is 0 Å². The first-order valence-electron chi connectivity index (χ1n) is 8.78. The third kappa shape index (κ3) is 3.59. The van der Waals surface area contributed by atoms with Crippen molar-refractivity contribution in [1.82, 2.24) is 19.7 Å². The molecule has 2 heterocycles. The summed E-state index contributed by atoms with van der Waals surface area (Å²) in [6.07, 6.45) is 3.83. The van der Waals surface area contributed by atoms with Gasteiger partial charge in [-0.2, -0.15) is 0 Å². The molecule has 0 saturated carbocycles. The summed E-state index contributed by atoms with van der Waals surface area (Å²) in [5, 5.41) is 4.42. The van der Waals surface area contributed by atoms with Gasteiger partial charge in [-0.3, -0.25) is 4.79 Å². The minimum atomic E-state index is 0.0689. The molecule has 1 aliphatic rings. The Morgan fingerprint density at radius 1 is 1.04 bits per heavy atom. The molecule has 26 heavy (non-hydrogen) atoms. The predicted molar refractivity (Wildman–Crippen MR) is 97.3 cm³/mol. The number of benzene rings is 2. The van der Waals surface area contributed by atoms with E-state index in [-0.39, 0.29) is 12.5 Å². The molecule has 132 valence electrons. The molecule has 4 rings (SSSR count). The van der Waals surface area contributed by atoms with Crippen LogP contribution < -0.4 is 4.74 Å². The number of hydrogen-bond donors (Lipinski definition) is 0. The van der Waals surface area contributed by atoms with Gasteiger partial charge in [0.2, 0.25) is 0 Å². The molecule has 2 aromatic carbocycles. The Morgan fingerprint density at radius 2 is 1.85 bits per heavy atom. The van der Waals surface area contributed by atoms with Crippen LogP contribution in [-0.2, 0) is 6.61 Å². The van der Waals surface area contributed by atoms with Gasteiger partial charge in [-0.1, -0.05) is 24.3 Å². The number of aromatic nitrogens is 3. The molecule has 3 aromatic rings. The average molecular weight is 348 g/mol. The van der Waals surface area contributed by atoms with Crippen LogP contribution in [0.5, 0.6) is 5.75 Å². The number of carbonyl (C=O) groups excluding carboxylic acids is 1. The highest BCUT2D eigenvalue weighted by atomic mass is 16.5. The lowest BCUT2D eigenvalue weighted by atomic mass is 10.2. The summed E-state index contributed by atoms with van der Waals surface area (Å²) < 4.78 is 7.50. The Kier molecular flexibility index (Phi) is 4.64. The number of likely N-dealkylation sites (tertiary alicyclic amines) is 1. The van der Waals surface area contributed by atoms with E-state index in [1.165, 1.54) is 0 Å². The quantitative estimate of drug-likeness (QED) is 0.711. The second-order valence-corrected chi connectivity index (χ2v) is 6.26. The van der Waals surface area contributed by atoms with E-state index < -0.39 is 0 Å². The van der Waals surface area contributed by atoms with Gasteiger partial charge in [0, 0.05) is 18.7 Å². The van der Waals surface area contributed by atoms with E-state index >= 15 is 0 Å². The van der Waals surface area contributed by atoms with Crippen molar-refractivity contribution in [3.8, 4) is 11.4 Å². The van der Waals surface area contributed by atoms with Gasteiger partial charge in [0.15, 0.2) is 5.82 Å². The lowest BCUT2D eigenvalue weighted by Gasteiger charge is -2.15. The molecule has 1 amide bonds. The molecule has 0 N–H and O–H groups in total. The van der Waals surface area contributed by atoms with Crippen LogP contribution in [0.3, 0.4) is 0 Å². The molecule has 0 bridgehead atoms. The first kappa shape index (κ1) is 16.3. The van der Waals surface area contributed by atoms with Gasteiger partial charge >= 0.3 is 0 Å². The molecule has 0 radical (unpaired) electrons. The van der Waals surface area contributed by atoms with Crippen molar-refractivity contribution < 1.29 is 9.53 Å². The van der Waals surface area contributed by atoms with Crippen molar-refractivity contribution in [1.29, 1.82) is 0 Å². The molecule has 0 spiro atoms. The third-order valence-corrected chi connectivity index (χ3v) is 4.40. The predicted octanol–water partition coefficient (Wildman–Crippen LogP) is 3.08. The molecular formula is C20H20N4O2. The normalized spacial score (nSPS) is 13.8. The fourth-order valence-electron chi connectivity index (χ4n) is 3.04. The highest BCUT2D eigenvalue weighted by Crippen LogP contribution is 2.18. The Labute approximate surface area is 152 Å². The molecule has 1 fully saturated rings. The van der Waals surface area contributed by atoms with Crippen molar-refractivity contribution in [3.05, 3.63) is 72.3 Å². The second-order valence-electron chi connectivity index (χ2n) is 6.26. The molecule has 0 atom stereocenters. The number of carbonyl (C=O) groups is 1. The van der Waals surface area contributed by atoms with E-state index in [1.54, 1.807) is 17.1 Å². The molecule has 0 aliphatic carbocycles. The summed E-state index contributed by atoms with van der Waals surface area (Å²) in [5.41, 5.74) is 1.61. The van der Waals surface area contributed by atoms with E-state index in [2.05, 4.69) is 10.1 Å². The maximum absolute atomic E-state index is 12.5. The van der Waals surface area contributed by atoms with Crippen molar-refractivity contribution in [2.75, 3.05) is 13.1 Å². The van der Waals surface area contributed by atoms with Gasteiger partial charge in [-0.25, -0.2) is 9.67 Å². The Bertz CT molecular complexity index is 886. The van der Waals surface area contributed by atoms with E-state index in [1.807, 2.05) is 53.4 Å². The lowest BCUT2D eigenvalue weighted by molar-refractivity contribution is 0.0792. The van der Waals surface area contributed by atoms with Crippen molar-refractivity contribution in [2.24, 2.45) is 0 Å². The van der Waals surface area contributed by atoms with Crippen molar-refractivity contribution >= 4 is 5.91 Å². The molecular weight excluding hydrogens is 328 g/mol. The van der Waals surface area contributed by atoms with E-state index in [9.17, 15) is 4.79 Å². The maximum Gasteiger partial charge on any atom is 0.253 e. The number of para-hydroxylation sites is 1. The van der Waals surface area contributed by atoms with Crippen molar-refractivity contribution in [2.45, 2.75) is 19.4 Å². The fraction of sp³-hybridized carbons (Fsp3) is 0.250. The van der Waals surface area contributed by atoms with Crippen LogP contribution in [0.15, 0.2) is 60.9 Å². The van der Waals surface area contributed by atoms with Gasteiger partial charge in [0.25, 0.3) is 5.91 Å². The summed E-state index contributed by atoms with van der Waals surface area (Å²) in [4.78, 5) is 18.6. The van der Waals surface area contributed by atoms with Crippen LogP contribution >= 0.6 is 0 Å². The minimum absolute atomic E-state index is 0.0689. The van der Waals surface area contributed by atoms with E-state index in [0.29, 0.717) is 17.1 Å². The topological polar surface area (TPSA) is 60.2 Å². The number of rotatable bonds is 5. The zero-order valence-electron chi connectivity index (χ0n) is 14.4. The molecule has 1 aliphatic heterocycles. The van der Waals surface area contributed by atoms with E-state index in [0.717, 1.165) is 31.6 Å². The summed E-state index contributed by atoms with van der Waals surface area (Å²) in [7, 11) is 0. The Hall–Kier alpha value is -3.15. The first-order valence-corrected chi connectivity index (χ1v) is 8.78. The van der Waals surface area contributed by atoms with Crippen LogP contribution in [0.25, 0.3) is 5.69 Å². The summed E-state index contributed by atoms with van der Waals surface area (Å²) in [6.45, 7) is 1.93. The number of ether oxygens (including phenoxy) is 1. The number of amides is 1. The second kappa shape index (κ2) is 7.39. The average Bonchev–Trinajstić information content (AvgIpc) is 3.39. The first-order chi connectivity index (χ1) is 12.8. The highest BCUT2D eigenvalue weighted by molar-refractivity contribution is 5.94. The third-order valence-electron chi connectivity index (χ3n) is 4.40. The molecule has 1 saturated heterocycles. The highest BCUT2D eigenvalue weighted by Gasteiger charge is 2.19. The van der Waals surface area contributed by atoms with Gasteiger partial charge in [0.05, 0.1) is 5.69 Å². The van der Waals surface area contributed by atoms with Crippen LogP contribution in [0.1, 0.15) is 29.0 Å². The SMILES string of the molecule is O=C(c1cccc(OCc2ncn(-c3ccccc3)n2)c1)N1CCCC1. The summed E-state index contributed by atoms with van der Waals surface area (Å²) >= 11 is 0. The van der Waals surface area contributed by atoms with Gasteiger partial charge in [-0.15, -0.1) is 5.10 Å². The van der Waals surface area contributed by atoms with Crippen LogP contribution in [-0.4, -0.2) is 38.7 Å².